The molecule has 0 atom stereocenters. The summed E-state index contributed by atoms with van der Waals surface area (Å²) in [6.45, 7) is 0. The van der Waals surface area contributed by atoms with E-state index in [9.17, 15) is 0 Å². The van der Waals surface area contributed by atoms with Gasteiger partial charge in [0.15, 0.2) is 5.82 Å². The normalized spacial score (nSPS) is 9.12. The molecule has 0 amide bonds. The van der Waals surface area contributed by atoms with Gasteiger partial charge < -0.3 is 4.52 Å². The third kappa shape index (κ3) is 0.974. The van der Waals surface area contributed by atoms with Crippen LogP contribution in [0.25, 0.3) is 0 Å². The van der Waals surface area contributed by atoms with Gasteiger partial charge in [-0.2, -0.15) is 0 Å². The molecule has 0 unspecified atom stereocenters. The van der Waals surface area contributed by atoms with Crippen LogP contribution in [0.2, 0.25) is 0 Å². The van der Waals surface area contributed by atoms with Crippen LogP contribution in [0, 0.1) is 0 Å². The lowest BCUT2D eigenvalue weighted by atomic mass is 10.7. The zero-order valence-corrected chi connectivity index (χ0v) is 4.42. The van der Waals surface area contributed by atoms with Gasteiger partial charge in [0.2, 0.25) is 0 Å². The number of nitrogens with zero attached hydrogens (tertiary/aromatic N) is 1. The second-order valence-electron chi connectivity index (χ2n) is 1.19. The maximum atomic E-state index is 4.51. The molecule has 0 saturated heterocycles. The molecule has 0 fully saturated rings. The molecule has 1 N–H and O–H groups in total. The van der Waals surface area contributed by atoms with Crippen molar-refractivity contribution in [1.82, 2.24) is 5.16 Å². The fraction of sp³-hybridized carbons (Fsp3) is 0.250. The molecule has 0 spiro atoms. The summed E-state index contributed by atoms with van der Waals surface area (Å²) in [7, 11) is 1.51. The number of rotatable bonds is 2. The Hall–Kier alpha value is -1.03. The van der Waals surface area contributed by atoms with Crippen molar-refractivity contribution in [3.05, 3.63) is 12.3 Å². The fourth-order valence-corrected chi connectivity index (χ4v) is 0.370. The van der Waals surface area contributed by atoms with Crippen LogP contribution in [0.15, 0.2) is 16.9 Å². The van der Waals surface area contributed by atoms with Crippen LogP contribution >= 0.6 is 0 Å². The fourth-order valence-electron chi connectivity index (χ4n) is 0.370. The predicted octanol–water partition coefficient (Wildman–Crippen LogP) is 0.648. The molecule has 1 aromatic heterocycles. The van der Waals surface area contributed by atoms with Crippen molar-refractivity contribution in [2.75, 3.05) is 12.6 Å². The van der Waals surface area contributed by atoms with Crippen LogP contribution in [-0.2, 0) is 4.84 Å². The standard InChI is InChI=1S/C4H6N2O2/c1-7-5-4-2-3-8-6-4/h2-3H,1H3,(H,5,6). The van der Waals surface area contributed by atoms with Gasteiger partial charge in [0, 0.05) is 6.07 Å². The van der Waals surface area contributed by atoms with Crippen molar-refractivity contribution in [1.29, 1.82) is 0 Å². The number of aromatic nitrogens is 1. The van der Waals surface area contributed by atoms with E-state index in [0.717, 1.165) is 0 Å². The molecule has 4 heteroatoms. The Morgan fingerprint density at radius 2 is 2.75 bits per heavy atom. The summed E-state index contributed by atoms with van der Waals surface area (Å²) in [6, 6.07) is 1.66. The largest absolute Gasteiger partial charge is 0.363 e. The lowest BCUT2D eigenvalue weighted by Gasteiger charge is -1.91. The third-order valence-corrected chi connectivity index (χ3v) is 0.644. The van der Waals surface area contributed by atoms with Gasteiger partial charge in [0.05, 0.1) is 7.11 Å². The molecular weight excluding hydrogens is 108 g/mol. The molecule has 0 aliphatic carbocycles. The molecule has 44 valence electrons. The maximum Gasteiger partial charge on any atom is 0.192 e. The van der Waals surface area contributed by atoms with Crippen molar-refractivity contribution in [2.45, 2.75) is 0 Å². The molecule has 1 heterocycles. The number of anilines is 1. The average molecular weight is 114 g/mol. The smallest absolute Gasteiger partial charge is 0.192 e. The highest BCUT2D eigenvalue weighted by atomic mass is 16.6. The minimum absolute atomic E-state index is 0.576. The first-order valence-electron chi connectivity index (χ1n) is 2.13. The minimum Gasteiger partial charge on any atom is -0.363 e. The summed E-state index contributed by atoms with van der Waals surface area (Å²) in [5.41, 5.74) is 2.48. The molecule has 0 aromatic carbocycles. The van der Waals surface area contributed by atoms with Crippen molar-refractivity contribution in [3.8, 4) is 0 Å². The van der Waals surface area contributed by atoms with E-state index >= 15 is 0 Å². The Kier molecular flexibility index (Phi) is 1.48. The monoisotopic (exact) mass is 114 g/mol. The van der Waals surface area contributed by atoms with Crippen LogP contribution in [-0.4, -0.2) is 12.3 Å². The van der Waals surface area contributed by atoms with Gasteiger partial charge in [-0.25, -0.2) is 5.48 Å². The van der Waals surface area contributed by atoms with Crippen LogP contribution in [0.1, 0.15) is 0 Å². The number of hydrogen-bond acceptors (Lipinski definition) is 4. The van der Waals surface area contributed by atoms with E-state index in [1.54, 1.807) is 6.07 Å². The first-order chi connectivity index (χ1) is 3.93. The first kappa shape index (κ1) is 5.11. The minimum atomic E-state index is 0.576. The highest BCUT2D eigenvalue weighted by Gasteiger charge is 1.88. The molecular formula is C4H6N2O2. The zero-order chi connectivity index (χ0) is 5.82. The van der Waals surface area contributed by atoms with Gasteiger partial charge >= 0.3 is 0 Å². The molecule has 0 saturated carbocycles. The van der Waals surface area contributed by atoms with Crippen molar-refractivity contribution in [3.63, 3.8) is 0 Å². The molecule has 0 aliphatic heterocycles. The maximum absolute atomic E-state index is 4.51. The van der Waals surface area contributed by atoms with Gasteiger partial charge in [0.25, 0.3) is 0 Å². The molecule has 0 bridgehead atoms. The molecule has 0 radical (unpaired) electrons. The highest BCUT2D eigenvalue weighted by Crippen LogP contribution is 1.98. The van der Waals surface area contributed by atoms with E-state index in [2.05, 4.69) is 20.0 Å². The van der Waals surface area contributed by atoms with Crippen molar-refractivity contribution in [2.24, 2.45) is 0 Å². The summed E-state index contributed by atoms with van der Waals surface area (Å²) in [5, 5.41) is 3.49. The van der Waals surface area contributed by atoms with Gasteiger partial charge in [0.1, 0.15) is 6.26 Å². The van der Waals surface area contributed by atoms with Crippen molar-refractivity contribution >= 4 is 5.82 Å². The summed E-state index contributed by atoms with van der Waals surface area (Å²) in [4.78, 5) is 4.51. The molecule has 0 aliphatic rings. The number of nitrogens with one attached hydrogen (secondary N) is 1. The van der Waals surface area contributed by atoms with E-state index in [4.69, 9.17) is 0 Å². The lowest BCUT2D eigenvalue weighted by Crippen LogP contribution is -1.94. The number of hydrogen-bond donors (Lipinski definition) is 1. The summed E-state index contributed by atoms with van der Waals surface area (Å²) in [5.74, 6) is 0.576. The topological polar surface area (TPSA) is 47.3 Å². The van der Waals surface area contributed by atoms with Gasteiger partial charge in [-0.15, -0.1) is 0 Å². The Balaban J connectivity index is 2.50. The Bertz CT molecular complexity index is 138. The molecule has 1 aromatic rings. The molecule has 8 heavy (non-hydrogen) atoms. The zero-order valence-electron chi connectivity index (χ0n) is 4.42. The van der Waals surface area contributed by atoms with Crippen molar-refractivity contribution < 1.29 is 9.36 Å². The molecule has 1 rings (SSSR count). The average Bonchev–Trinajstić information content (AvgIpc) is 2.19. The molecule has 4 nitrogen and oxygen atoms in total. The van der Waals surface area contributed by atoms with E-state index in [1.807, 2.05) is 0 Å². The van der Waals surface area contributed by atoms with E-state index in [1.165, 1.54) is 13.4 Å². The van der Waals surface area contributed by atoms with E-state index in [0.29, 0.717) is 5.82 Å². The third-order valence-electron chi connectivity index (χ3n) is 0.644. The summed E-state index contributed by atoms with van der Waals surface area (Å²) in [6.07, 6.45) is 1.46. The summed E-state index contributed by atoms with van der Waals surface area (Å²) < 4.78 is 4.47. The summed E-state index contributed by atoms with van der Waals surface area (Å²) >= 11 is 0. The van der Waals surface area contributed by atoms with E-state index < -0.39 is 0 Å². The van der Waals surface area contributed by atoms with E-state index in [-0.39, 0.29) is 0 Å². The van der Waals surface area contributed by atoms with Crippen LogP contribution < -0.4 is 5.48 Å². The second kappa shape index (κ2) is 2.32. The quantitative estimate of drug-likeness (QED) is 0.573. The SMILES string of the molecule is CONc1ccon1. The lowest BCUT2D eigenvalue weighted by molar-refractivity contribution is 0.265. The van der Waals surface area contributed by atoms with Crippen LogP contribution in [0.3, 0.4) is 0 Å². The van der Waals surface area contributed by atoms with Gasteiger partial charge in [-0.1, -0.05) is 5.16 Å². The predicted molar refractivity (Wildman–Crippen MR) is 27.1 cm³/mol. The van der Waals surface area contributed by atoms with Gasteiger partial charge in [-0.3, -0.25) is 4.84 Å². The van der Waals surface area contributed by atoms with Crippen LogP contribution in [0.4, 0.5) is 5.82 Å². The Morgan fingerprint density at radius 1 is 1.88 bits per heavy atom. The Morgan fingerprint density at radius 3 is 3.25 bits per heavy atom. The highest BCUT2D eigenvalue weighted by molar-refractivity contribution is 5.26. The first-order valence-corrected chi connectivity index (χ1v) is 2.13. The second-order valence-corrected chi connectivity index (χ2v) is 1.19. The Labute approximate surface area is 46.4 Å². The van der Waals surface area contributed by atoms with Crippen LogP contribution in [0.5, 0.6) is 0 Å². The van der Waals surface area contributed by atoms with Gasteiger partial charge in [-0.05, 0) is 0 Å².